The lowest BCUT2D eigenvalue weighted by Crippen LogP contribution is -2.41. The number of hydrogen-bond donors (Lipinski definition) is 1. The number of carbonyl (C=O) groups is 1. The second-order valence-corrected chi connectivity index (χ2v) is 7.19. The minimum Gasteiger partial charge on any atom is -0.494 e. The Bertz CT molecular complexity index is 750. The van der Waals surface area contributed by atoms with E-state index >= 15 is 0 Å². The van der Waals surface area contributed by atoms with E-state index in [1.807, 2.05) is 23.7 Å². The molecule has 1 aromatic heterocycles. The monoisotopic (exact) mass is 372 g/mol. The van der Waals surface area contributed by atoms with Crippen molar-refractivity contribution >= 4 is 5.91 Å². The van der Waals surface area contributed by atoms with Crippen LogP contribution in [0.25, 0.3) is 0 Å². The standard InChI is InChI=1S/C19H28N6O2/c1-4-27-16-7-5-14(6-8-16)17(19-21-22-23-25(19)13(2)3)24-11-9-15(10-12-24)18(20)26/h5-8,13,15,17H,4,9-12H2,1-3H3,(H2,20,26). The maximum Gasteiger partial charge on any atom is 0.220 e. The van der Waals surface area contributed by atoms with Crippen LogP contribution in [-0.2, 0) is 4.79 Å². The van der Waals surface area contributed by atoms with Crippen molar-refractivity contribution in [3.05, 3.63) is 35.7 Å². The summed E-state index contributed by atoms with van der Waals surface area (Å²) in [5.41, 5.74) is 6.60. The molecular weight excluding hydrogens is 344 g/mol. The molecule has 27 heavy (non-hydrogen) atoms. The number of tetrazole rings is 1. The van der Waals surface area contributed by atoms with Crippen molar-refractivity contribution in [3.63, 3.8) is 0 Å². The highest BCUT2D eigenvalue weighted by Crippen LogP contribution is 2.32. The van der Waals surface area contributed by atoms with Crippen molar-refractivity contribution in [2.75, 3.05) is 19.7 Å². The van der Waals surface area contributed by atoms with Gasteiger partial charge in [-0.3, -0.25) is 9.69 Å². The molecule has 8 nitrogen and oxygen atoms in total. The number of primary amides is 1. The van der Waals surface area contributed by atoms with Gasteiger partial charge in [0.15, 0.2) is 5.82 Å². The molecule has 1 aromatic carbocycles. The van der Waals surface area contributed by atoms with E-state index in [0.717, 1.165) is 43.1 Å². The van der Waals surface area contributed by atoms with E-state index in [9.17, 15) is 4.79 Å². The van der Waals surface area contributed by atoms with E-state index in [-0.39, 0.29) is 23.9 Å². The molecule has 2 N–H and O–H groups in total. The number of benzene rings is 1. The molecule has 1 atom stereocenters. The molecule has 0 saturated carbocycles. The van der Waals surface area contributed by atoms with Gasteiger partial charge in [-0.1, -0.05) is 12.1 Å². The van der Waals surface area contributed by atoms with E-state index < -0.39 is 0 Å². The van der Waals surface area contributed by atoms with Crippen molar-refractivity contribution in [2.24, 2.45) is 11.7 Å². The summed E-state index contributed by atoms with van der Waals surface area (Å²) in [6.45, 7) is 8.28. The van der Waals surface area contributed by atoms with Gasteiger partial charge < -0.3 is 10.5 Å². The number of likely N-dealkylation sites (tertiary alicyclic amines) is 1. The minimum absolute atomic E-state index is 0.0525. The fourth-order valence-electron chi connectivity index (χ4n) is 3.63. The van der Waals surface area contributed by atoms with E-state index in [4.69, 9.17) is 10.5 Å². The van der Waals surface area contributed by atoms with Gasteiger partial charge in [0.2, 0.25) is 5.91 Å². The van der Waals surface area contributed by atoms with Crippen LogP contribution in [0.4, 0.5) is 0 Å². The first-order valence-corrected chi connectivity index (χ1v) is 9.55. The molecule has 8 heteroatoms. The van der Waals surface area contributed by atoms with Gasteiger partial charge in [0.25, 0.3) is 0 Å². The highest BCUT2D eigenvalue weighted by Gasteiger charge is 2.32. The first-order chi connectivity index (χ1) is 13.0. The predicted octanol–water partition coefficient (Wildman–Crippen LogP) is 1.94. The molecular formula is C19H28N6O2. The fraction of sp³-hybridized carbons (Fsp3) is 0.579. The third-order valence-corrected chi connectivity index (χ3v) is 5.06. The molecule has 1 aliphatic heterocycles. The highest BCUT2D eigenvalue weighted by molar-refractivity contribution is 5.76. The first kappa shape index (κ1) is 19.3. The van der Waals surface area contributed by atoms with Crippen LogP contribution < -0.4 is 10.5 Å². The van der Waals surface area contributed by atoms with Crippen LogP contribution in [0.3, 0.4) is 0 Å². The molecule has 1 aliphatic rings. The number of carbonyl (C=O) groups excluding carboxylic acids is 1. The van der Waals surface area contributed by atoms with E-state index in [1.165, 1.54) is 0 Å². The number of hydrogen-bond acceptors (Lipinski definition) is 6. The molecule has 1 amide bonds. The number of rotatable bonds is 7. The highest BCUT2D eigenvalue weighted by atomic mass is 16.5. The van der Waals surface area contributed by atoms with Crippen molar-refractivity contribution < 1.29 is 9.53 Å². The zero-order valence-electron chi connectivity index (χ0n) is 16.2. The predicted molar refractivity (Wildman–Crippen MR) is 101 cm³/mol. The molecule has 0 aliphatic carbocycles. The Kier molecular flexibility index (Phi) is 6.05. The molecule has 1 unspecified atom stereocenters. The minimum atomic E-state index is -0.209. The number of piperidine rings is 1. The molecule has 2 aromatic rings. The molecule has 2 heterocycles. The van der Waals surface area contributed by atoms with Gasteiger partial charge in [0, 0.05) is 5.92 Å². The Hall–Kier alpha value is -2.48. The molecule has 1 saturated heterocycles. The zero-order valence-corrected chi connectivity index (χ0v) is 16.2. The summed E-state index contributed by atoms with van der Waals surface area (Å²) in [5, 5.41) is 12.4. The smallest absolute Gasteiger partial charge is 0.220 e. The molecule has 0 radical (unpaired) electrons. The normalized spacial score (nSPS) is 17.2. The summed E-state index contributed by atoms with van der Waals surface area (Å²) in [5.74, 6) is 1.39. The summed E-state index contributed by atoms with van der Waals surface area (Å²) in [6, 6.07) is 8.16. The third-order valence-electron chi connectivity index (χ3n) is 5.06. The number of nitrogens with two attached hydrogens (primary N) is 1. The van der Waals surface area contributed by atoms with Crippen LogP contribution in [-0.4, -0.2) is 50.7 Å². The van der Waals surface area contributed by atoms with Gasteiger partial charge in [-0.05, 0) is 74.8 Å². The van der Waals surface area contributed by atoms with E-state index in [0.29, 0.717) is 6.61 Å². The van der Waals surface area contributed by atoms with Crippen LogP contribution in [0.5, 0.6) is 5.75 Å². The lowest BCUT2D eigenvalue weighted by molar-refractivity contribution is -0.123. The van der Waals surface area contributed by atoms with Crippen molar-refractivity contribution in [3.8, 4) is 5.75 Å². The molecule has 0 spiro atoms. The van der Waals surface area contributed by atoms with Crippen molar-refractivity contribution in [1.29, 1.82) is 0 Å². The molecule has 3 rings (SSSR count). The summed E-state index contributed by atoms with van der Waals surface area (Å²) >= 11 is 0. The lowest BCUT2D eigenvalue weighted by atomic mass is 9.93. The Morgan fingerprint density at radius 2 is 1.93 bits per heavy atom. The van der Waals surface area contributed by atoms with Gasteiger partial charge in [0.1, 0.15) is 5.75 Å². The second-order valence-electron chi connectivity index (χ2n) is 7.19. The fourth-order valence-corrected chi connectivity index (χ4v) is 3.63. The topological polar surface area (TPSA) is 99.2 Å². The quantitative estimate of drug-likeness (QED) is 0.797. The SMILES string of the molecule is CCOc1ccc(C(c2nnnn2C(C)C)N2CCC(C(N)=O)CC2)cc1. The van der Waals surface area contributed by atoms with E-state index in [2.05, 4.69) is 46.4 Å². The Labute approximate surface area is 159 Å². The number of aromatic nitrogens is 4. The third kappa shape index (κ3) is 4.27. The van der Waals surface area contributed by atoms with Crippen LogP contribution in [0.1, 0.15) is 57.1 Å². The van der Waals surface area contributed by atoms with E-state index in [1.54, 1.807) is 0 Å². The molecule has 0 bridgehead atoms. The second kappa shape index (κ2) is 8.47. The summed E-state index contributed by atoms with van der Waals surface area (Å²) < 4.78 is 7.43. The maximum atomic E-state index is 11.5. The number of nitrogens with zero attached hydrogens (tertiary/aromatic N) is 5. The molecule has 146 valence electrons. The van der Waals surface area contributed by atoms with Crippen LogP contribution in [0, 0.1) is 5.92 Å². The van der Waals surface area contributed by atoms with Crippen molar-refractivity contribution in [2.45, 2.75) is 45.7 Å². The average molecular weight is 372 g/mol. The lowest BCUT2D eigenvalue weighted by Gasteiger charge is -2.36. The van der Waals surface area contributed by atoms with Crippen LogP contribution in [0.2, 0.25) is 0 Å². The zero-order chi connectivity index (χ0) is 19.4. The molecule has 1 fully saturated rings. The number of ether oxygens (including phenoxy) is 1. The Morgan fingerprint density at radius 1 is 1.26 bits per heavy atom. The van der Waals surface area contributed by atoms with Gasteiger partial charge in [-0.25, -0.2) is 4.68 Å². The van der Waals surface area contributed by atoms with Gasteiger partial charge in [-0.2, -0.15) is 0 Å². The Balaban J connectivity index is 1.92. The van der Waals surface area contributed by atoms with Gasteiger partial charge in [-0.15, -0.1) is 5.10 Å². The largest absolute Gasteiger partial charge is 0.494 e. The van der Waals surface area contributed by atoms with Crippen LogP contribution in [0.15, 0.2) is 24.3 Å². The number of amides is 1. The average Bonchev–Trinajstić information content (AvgIpc) is 3.14. The van der Waals surface area contributed by atoms with Gasteiger partial charge in [0.05, 0.1) is 18.7 Å². The van der Waals surface area contributed by atoms with Crippen molar-refractivity contribution in [1.82, 2.24) is 25.1 Å². The summed E-state index contributed by atoms with van der Waals surface area (Å²) in [6.07, 6.45) is 1.51. The van der Waals surface area contributed by atoms with Gasteiger partial charge >= 0.3 is 0 Å². The van der Waals surface area contributed by atoms with Crippen LogP contribution >= 0.6 is 0 Å². The summed E-state index contributed by atoms with van der Waals surface area (Å²) in [7, 11) is 0. The first-order valence-electron chi connectivity index (χ1n) is 9.55. The maximum absolute atomic E-state index is 11.5. The Morgan fingerprint density at radius 3 is 2.48 bits per heavy atom. The summed E-state index contributed by atoms with van der Waals surface area (Å²) in [4.78, 5) is 13.9.